The van der Waals surface area contributed by atoms with Gasteiger partial charge in [0.25, 0.3) is 5.69 Å². The molecule has 0 aliphatic rings. The molecule has 5 nitrogen and oxygen atoms in total. The van der Waals surface area contributed by atoms with E-state index in [0.717, 1.165) is 10.0 Å². The number of aromatic nitrogens is 1. The lowest BCUT2D eigenvalue weighted by atomic mass is 10.3. The SMILES string of the molecule is Cc1cc(Oc2ccc([N+](=O)[O-])c(Cl)c2)ncc1Br. The molecular weight excluding hydrogens is 336 g/mol. The first-order valence-electron chi connectivity index (χ1n) is 5.21. The van der Waals surface area contributed by atoms with Crippen molar-refractivity contribution >= 4 is 33.2 Å². The van der Waals surface area contributed by atoms with Crippen molar-refractivity contribution in [2.24, 2.45) is 0 Å². The highest BCUT2D eigenvalue weighted by atomic mass is 79.9. The van der Waals surface area contributed by atoms with Crippen molar-refractivity contribution in [1.82, 2.24) is 4.98 Å². The number of nitro benzene ring substituents is 1. The van der Waals surface area contributed by atoms with Crippen LogP contribution in [0.2, 0.25) is 5.02 Å². The lowest BCUT2D eigenvalue weighted by Crippen LogP contribution is -1.92. The average molecular weight is 344 g/mol. The molecular formula is C12H8BrClN2O3. The van der Waals surface area contributed by atoms with Crippen molar-refractivity contribution in [2.75, 3.05) is 0 Å². The van der Waals surface area contributed by atoms with E-state index >= 15 is 0 Å². The molecule has 1 heterocycles. The van der Waals surface area contributed by atoms with Crippen LogP contribution in [0.5, 0.6) is 11.6 Å². The van der Waals surface area contributed by atoms with Gasteiger partial charge in [-0.1, -0.05) is 11.6 Å². The number of hydrogen-bond donors (Lipinski definition) is 0. The third-order valence-electron chi connectivity index (χ3n) is 2.36. The quantitative estimate of drug-likeness (QED) is 0.607. The molecule has 19 heavy (non-hydrogen) atoms. The fourth-order valence-electron chi connectivity index (χ4n) is 1.39. The van der Waals surface area contributed by atoms with E-state index in [1.807, 2.05) is 6.92 Å². The lowest BCUT2D eigenvalue weighted by molar-refractivity contribution is -0.384. The molecule has 2 aromatic rings. The van der Waals surface area contributed by atoms with Gasteiger partial charge in [-0.2, -0.15) is 0 Å². The number of nitro groups is 1. The second-order valence-corrected chi connectivity index (χ2v) is 5.01. The predicted octanol–water partition coefficient (Wildman–Crippen LogP) is 4.51. The lowest BCUT2D eigenvalue weighted by Gasteiger charge is -2.06. The molecule has 7 heteroatoms. The molecule has 0 saturated carbocycles. The second-order valence-electron chi connectivity index (χ2n) is 3.74. The molecule has 1 aromatic heterocycles. The number of pyridine rings is 1. The van der Waals surface area contributed by atoms with Crippen LogP contribution in [0.25, 0.3) is 0 Å². The Morgan fingerprint density at radius 2 is 2.16 bits per heavy atom. The molecule has 0 N–H and O–H groups in total. The van der Waals surface area contributed by atoms with Crippen LogP contribution in [0.4, 0.5) is 5.69 Å². The van der Waals surface area contributed by atoms with E-state index in [9.17, 15) is 10.1 Å². The number of hydrogen-bond acceptors (Lipinski definition) is 4. The zero-order chi connectivity index (χ0) is 14.0. The fourth-order valence-corrected chi connectivity index (χ4v) is 1.85. The van der Waals surface area contributed by atoms with Crippen LogP contribution < -0.4 is 4.74 Å². The van der Waals surface area contributed by atoms with Crippen LogP contribution >= 0.6 is 27.5 Å². The van der Waals surface area contributed by atoms with Gasteiger partial charge in [-0.3, -0.25) is 10.1 Å². The van der Waals surface area contributed by atoms with E-state index < -0.39 is 4.92 Å². The smallest absolute Gasteiger partial charge is 0.288 e. The van der Waals surface area contributed by atoms with Crippen LogP contribution in [0, 0.1) is 17.0 Å². The second kappa shape index (κ2) is 5.54. The predicted molar refractivity (Wildman–Crippen MR) is 74.9 cm³/mol. The maximum absolute atomic E-state index is 10.6. The van der Waals surface area contributed by atoms with Crippen LogP contribution in [0.15, 0.2) is 34.9 Å². The van der Waals surface area contributed by atoms with E-state index in [1.54, 1.807) is 12.3 Å². The van der Waals surface area contributed by atoms with Gasteiger partial charge in [0.05, 0.1) is 4.92 Å². The number of benzene rings is 1. The third kappa shape index (κ3) is 3.21. The highest BCUT2D eigenvalue weighted by molar-refractivity contribution is 9.10. The molecule has 0 unspecified atom stereocenters. The Morgan fingerprint density at radius 3 is 2.74 bits per heavy atom. The summed E-state index contributed by atoms with van der Waals surface area (Å²) in [6.45, 7) is 1.90. The van der Waals surface area contributed by atoms with E-state index in [2.05, 4.69) is 20.9 Å². The monoisotopic (exact) mass is 342 g/mol. The zero-order valence-corrected chi connectivity index (χ0v) is 12.1. The van der Waals surface area contributed by atoms with Crippen molar-refractivity contribution in [3.8, 4) is 11.6 Å². The van der Waals surface area contributed by atoms with Gasteiger partial charge in [-0.15, -0.1) is 0 Å². The standard InChI is InChI=1S/C12H8BrClN2O3/c1-7-4-12(15-6-9(7)13)19-8-2-3-11(16(17)18)10(14)5-8/h2-6H,1H3. The Bertz CT molecular complexity index is 649. The van der Waals surface area contributed by atoms with Crippen molar-refractivity contribution in [2.45, 2.75) is 6.92 Å². The van der Waals surface area contributed by atoms with E-state index in [0.29, 0.717) is 11.6 Å². The Labute approximate surface area is 122 Å². The largest absolute Gasteiger partial charge is 0.439 e. The van der Waals surface area contributed by atoms with Gasteiger partial charge < -0.3 is 4.74 Å². The van der Waals surface area contributed by atoms with Crippen LogP contribution in [0.1, 0.15) is 5.56 Å². The number of ether oxygens (including phenoxy) is 1. The minimum atomic E-state index is -0.547. The highest BCUT2D eigenvalue weighted by Crippen LogP contribution is 2.31. The number of halogens is 2. The molecule has 1 aromatic carbocycles. The van der Waals surface area contributed by atoms with Gasteiger partial charge in [0.2, 0.25) is 5.88 Å². The van der Waals surface area contributed by atoms with E-state index in [4.69, 9.17) is 16.3 Å². The molecule has 0 aliphatic heterocycles. The Balaban J connectivity index is 2.26. The molecule has 0 radical (unpaired) electrons. The van der Waals surface area contributed by atoms with Crippen molar-refractivity contribution < 1.29 is 9.66 Å². The molecule has 0 spiro atoms. The number of nitrogens with zero attached hydrogens (tertiary/aromatic N) is 2. The van der Waals surface area contributed by atoms with Gasteiger partial charge in [-0.05, 0) is 34.5 Å². The summed E-state index contributed by atoms with van der Waals surface area (Å²) in [5.74, 6) is 0.787. The molecule has 0 saturated heterocycles. The van der Waals surface area contributed by atoms with Gasteiger partial charge in [0, 0.05) is 28.9 Å². The summed E-state index contributed by atoms with van der Waals surface area (Å²) in [6, 6.07) is 5.91. The zero-order valence-electron chi connectivity index (χ0n) is 9.76. The van der Waals surface area contributed by atoms with Crippen molar-refractivity contribution in [3.63, 3.8) is 0 Å². The summed E-state index contributed by atoms with van der Waals surface area (Å²) >= 11 is 9.14. The first kappa shape index (κ1) is 13.8. The molecule has 0 fully saturated rings. The summed E-state index contributed by atoms with van der Waals surface area (Å²) in [7, 11) is 0. The van der Waals surface area contributed by atoms with Crippen molar-refractivity contribution in [1.29, 1.82) is 0 Å². The maximum atomic E-state index is 10.6. The molecule has 0 amide bonds. The van der Waals surface area contributed by atoms with Crippen LogP contribution in [0.3, 0.4) is 0 Å². The summed E-state index contributed by atoms with van der Waals surface area (Å²) in [5.41, 5.74) is 0.812. The molecule has 0 aliphatic carbocycles. The van der Waals surface area contributed by atoms with Crippen LogP contribution in [-0.2, 0) is 0 Å². The van der Waals surface area contributed by atoms with Gasteiger partial charge in [0.15, 0.2) is 0 Å². The molecule has 0 bridgehead atoms. The fraction of sp³-hybridized carbons (Fsp3) is 0.0833. The Kier molecular flexibility index (Phi) is 4.01. The first-order valence-corrected chi connectivity index (χ1v) is 6.38. The highest BCUT2D eigenvalue weighted by Gasteiger charge is 2.13. The first-order chi connectivity index (χ1) is 8.97. The number of aryl methyl sites for hydroxylation is 1. The van der Waals surface area contributed by atoms with Gasteiger partial charge >= 0.3 is 0 Å². The summed E-state index contributed by atoms with van der Waals surface area (Å²) < 4.78 is 6.37. The summed E-state index contributed by atoms with van der Waals surface area (Å²) in [6.07, 6.45) is 1.62. The van der Waals surface area contributed by atoms with E-state index in [1.165, 1.54) is 18.2 Å². The van der Waals surface area contributed by atoms with Crippen molar-refractivity contribution in [3.05, 3.63) is 55.6 Å². The average Bonchev–Trinajstić information content (AvgIpc) is 2.33. The third-order valence-corrected chi connectivity index (χ3v) is 3.49. The Hall–Kier alpha value is -1.66. The van der Waals surface area contributed by atoms with Gasteiger partial charge in [-0.25, -0.2) is 4.98 Å². The summed E-state index contributed by atoms with van der Waals surface area (Å²) in [4.78, 5) is 14.2. The molecule has 2 rings (SSSR count). The normalized spacial score (nSPS) is 10.3. The molecule has 0 atom stereocenters. The Morgan fingerprint density at radius 1 is 1.42 bits per heavy atom. The van der Waals surface area contributed by atoms with Gasteiger partial charge in [0.1, 0.15) is 10.8 Å². The number of rotatable bonds is 3. The van der Waals surface area contributed by atoms with E-state index in [-0.39, 0.29) is 10.7 Å². The topological polar surface area (TPSA) is 65.3 Å². The summed E-state index contributed by atoms with van der Waals surface area (Å²) in [5, 5.41) is 10.7. The van der Waals surface area contributed by atoms with Crippen LogP contribution in [-0.4, -0.2) is 9.91 Å². The molecule has 98 valence electrons. The minimum absolute atomic E-state index is 0.0244. The maximum Gasteiger partial charge on any atom is 0.288 e. The minimum Gasteiger partial charge on any atom is -0.439 e.